The number of sulfonamides is 1. The Morgan fingerprint density at radius 2 is 1.73 bits per heavy atom. The number of aliphatic hydroxyl groups is 1. The number of aliphatic hydroxyl groups excluding tert-OH is 1. The van der Waals surface area contributed by atoms with Gasteiger partial charge in [-0.3, -0.25) is 4.98 Å². The van der Waals surface area contributed by atoms with Gasteiger partial charge in [0.1, 0.15) is 0 Å². The Morgan fingerprint density at radius 3 is 2.23 bits per heavy atom. The largest absolute Gasteiger partial charge is 0.393 e. The molecule has 5 nitrogen and oxygen atoms in total. The first kappa shape index (κ1) is 19.0. The molecular formula is C20H26N2O3S. The van der Waals surface area contributed by atoms with Crippen molar-refractivity contribution in [2.24, 2.45) is 5.92 Å². The summed E-state index contributed by atoms with van der Waals surface area (Å²) in [5.41, 5.74) is 4.15. The van der Waals surface area contributed by atoms with E-state index in [9.17, 15) is 13.5 Å². The van der Waals surface area contributed by atoms with E-state index in [0.717, 1.165) is 22.3 Å². The minimum Gasteiger partial charge on any atom is -0.393 e. The van der Waals surface area contributed by atoms with E-state index in [4.69, 9.17) is 0 Å². The van der Waals surface area contributed by atoms with Gasteiger partial charge in [-0.1, -0.05) is 12.1 Å². The highest BCUT2D eigenvalue weighted by Crippen LogP contribution is 2.39. The van der Waals surface area contributed by atoms with E-state index in [1.165, 1.54) is 0 Å². The maximum Gasteiger partial charge on any atom is 0.241 e. The first-order valence-electron chi connectivity index (χ1n) is 8.89. The molecular weight excluding hydrogens is 348 g/mol. The minimum absolute atomic E-state index is 0.0428. The van der Waals surface area contributed by atoms with Gasteiger partial charge in [0.15, 0.2) is 0 Å². The van der Waals surface area contributed by atoms with Crippen molar-refractivity contribution >= 4 is 10.0 Å². The molecule has 0 saturated heterocycles. The van der Waals surface area contributed by atoms with Gasteiger partial charge < -0.3 is 5.11 Å². The maximum atomic E-state index is 13.3. The van der Waals surface area contributed by atoms with Gasteiger partial charge >= 0.3 is 0 Å². The second kappa shape index (κ2) is 7.10. The van der Waals surface area contributed by atoms with Gasteiger partial charge in [0, 0.05) is 6.20 Å². The Balaban J connectivity index is 2.01. The van der Waals surface area contributed by atoms with Crippen LogP contribution in [0.5, 0.6) is 0 Å². The summed E-state index contributed by atoms with van der Waals surface area (Å²) in [5, 5.41) is 9.69. The van der Waals surface area contributed by atoms with Crippen LogP contribution in [0.2, 0.25) is 0 Å². The van der Waals surface area contributed by atoms with Gasteiger partial charge in [-0.2, -0.15) is 0 Å². The van der Waals surface area contributed by atoms with Gasteiger partial charge in [0.05, 0.1) is 22.7 Å². The highest BCUT2D eigenvalue weighted by molar-refractivity contribution is 7.89. The van der Waals surface area contributed by atoms with Crippen LogP contribution in [0, 0.1) is 33.6 Å². The molecule has 0 amide bonds. The van der Waals surface area contributed by atoms with E-state index < -0.39 is 16.1 Å². The number of pyridine rings is 1. The molecule has 2 N–H and O–H groups in total. The van der Waals surface area contributed by atoms with Crippen LogP contribution in [0.3, 0.4) is 0 Å². The fraction of sp³-hybridized carbons (Fsp3) is 0.450. The molecule has 1 aliphatic rings. The van der Waals surface area contributed by atoms with Crippen LogP contribution >= 0.6 is 0 Å². The summed E-state index contributed by atoms with van der Waals surface area (Å²) in [5.74, 6) is 0.0428. The van der Waals surface area contributed by atoms with Crippen LogP contribution in [-0.2, 0) is 10.0 Å². The zero-order valence-electron chi connectivity index (χ0n) is 15.7. The first-order valence-corrected chi connectivity index (χ1v) is 10.4. The molecule has 0 radical (unpaired) electrons. The molecule has 0 unspecified atom stereocenters. The van der Waals surface area contributed by atoms with Crippen molar-refractivity contribution in [3.05, 3.63) is 58.4 Å². The van der Waals surface area contributed by atoms with Crippen molar-refractivity contribution in [1.29, 1.82) is 0 Å². The minimum atomic E-state index is -3.72. The smallest absolute Gasteiger partial charge is 0.241 e. The fourth-order valence-electron chi connectivity index (χ4n) is 3.67. The summed E-state index contributed by atoms with van der Waals surface area (Å²) < 4.78 is 29.5. The number of rotatable bonds is 5. The maximum absolute atomic E-state index is 13.3. The summed E-state index contributed by atoms with van der Waals surface area (Å²) in [7, 11) is -3.72. The van der Waals surface area contributed by atoms with Crippen molar-refractivity contribution in [3.63, 3.8) is 0 Å². The Bertz CT molecular complexity index is 878. The van der Waals surface area contributed by atoms with E-state index in [0.29, 0.717) is 23.4 Å². The molecule has 6 heteroatoms. The highest BCUT2D eigenvalue weighted by atomic mass is 32.2. The molecule has 0 bridgehead atoms. The SMILES string of the molecule is Cc1cc(C)c(C)c(S(=O)(=O)N[C@@H](c2ccccn2)C2CC(O)C2)c1C. The monoisotopic (exact) mass is 374 g/mol. The summed E-state index contributed by atoms with van der Waals surface area (Å²) in [6.07, 6.45) is 2.46. The summed E-state index contributed by atoms with van der Waals surface area (Å²) >= 11 is 0. The zero-order valence-corrected chi connectivity index (χ0v) is 16.5. The van der Waals surface area contributed by atoms with Gasteiger partial charge in [-0.25, -0.2) is 13.1 Å². The lowest BCUT2D eigenvalue weighted by atomic mass is 9.76. The summed E-state index contributed by atoms with van der Waals surface area (Å²) in [4.78, 5) is 4.71. The van der Waals surface area contributed by atoms with Gasteiger partial charge in [0.2, 0.25) is 10.0 Å². The molecule has 0 spiro atoms. The van der Waals surface area contributed by atoms with Gasteiger partial charge in [0.25, 0.3) is 0 Å². The van der Waals surface area contributed by atoms with Crippen LogP contribution in [0.4, 0.5) is 0 Å². The lowest BCUT2D eigenvalue weighted by molar-refractivity contribution is 0.0273. The summed E-state index contributed by atoms with van der Waals surface area (Å²) in [6.45, 7) is 7.55. The molecule has 1 aliphatic carbocycles. The average molecular weight is 375 g/mol. The van der Waals surface area contributed by atoms with Crippen molar-refractivity contribution < 1.29 is 13.5 Å². The van der Waals surface area contributed by atoms with Gasteiger partial charge in [-0.15, -0.1) is 0 Å². The normalized spacial score (nSPS) is 21.3. The molecule has 3 rings (SSSR count). The third-order valence-electron chi connectivity index (χ3n) is 5.48. The van der Waals surface area contributed by atoms with Crippen LogP contribution in [0.15, 0.2) is 35.4 Å². The molecule has 1 saturated carbocycles. The second-order valence-corrected chi connectivity index (χ2v) is 8.98. The number of aryl methyl sites for hydroxylation is 2. The number of aromatic nitrogens is 1. The lowest BCUT2D eigenvalue weighted by Crippen LogP contribution is -2.42. The second-order valence-electron chi connectivity index (χ2n) is 7.33. The third-order valence-corrected chi connectivity index (χ3v) is 7.19. The molecule has 1 aromatic carbocycles. The first-order chi connectivity index (χ1) is 12.2. The Hall–Kier alpha value is -1.76. The Kier molecular flexibility index (Phi) is 5.19. The van der Waals surface area contributed by atoms with E-state index in [1.54, 1.807) is 6.20 Å². The van der Waals surface area contributed by atoms with Gasteiger partial charge in [-0.05, 0) is 80.8 Å². The van der Waals surface area contributed by atoms with E-state index in [-0.39, 0.29) is 12.0 Å². The number of nitrogens with zero attached hydrogens (tertiary/aromatic N) is 1. The molecule has 1 heterocycles. The number of nitrogens with one attached hydrogen (secondary N) is 1. The van der Waals surface area contributed by atoms with Crippen molar-refractivity contribution in [2.45, 2.75) is 57.6 Å². The van der Waals surface area contributed by atoms with E-state index in [1.807, 2.05) is 52.0 Å². The summed E-state index contributed by atoms with van der Waals surface area (Å²) in [6, 6.07) is 7.07. The molecule has 140 valence electrons. The zero-order chi connectivity index (χ0) is 19.1. The Labute approximate surface area is 155 Å². The fourth-order valence-corrected chi connectivity index (χ4v) is 5.56. The standard InChI is InChI=1S/C20H26N2O3S/c1-12-9-13(2)15(4)20(14(12)3)26(24,25)22-19(16-10-17(23)11-16)18-7-5-6-8-21-18/h5-9,16-17,19,22-23H,10-11H2,1-4H3/t16?,17?,19-/m1/s1. The number of hydrogen-bond acceptors (Lipinski definition) is 4. The van der Waals surface area contributed by atoms with Crippen molar-refractivity contribution in [1.82, 2.24) is 9.71 Å². The predicted molar refractivity (Wildman–Crippen MR) is 101 cm³/mol. The van der Waals surface area contributed by atoms with Crippen LogP contribution in [0.1, 0.15) is 46.8 Å². The molecule has 1 aromatic heterocycles. The van der Waals surface area contributed by atoms with E-state index in [2.05, 4.69) is 9.71 Å². The lowest BCUT2D eigenvalue weighted by Gasteiger charge is -2.37. The number of hydrogen-bond donors (Lipinski definition) is 2. The topological polar surface area (TPSA) is 79.3 Å². The van der Waals surface area contributed by atoms with Crippen LogP contribution < -0.4 is 4.72 Å². The molecule has 0 aliphatic heterocycles. The van der Waals surface area contributed by atoms with Crippen molar-refractivity contribution in [2.75, 3.05) is 0 Å². The quantitative estimate of drug-likeness (QED) is 0.843. The third kappa shape index (κ3) is 3.54. The average Bonchev–Trinajstić information content (AvgIpc) is 2.56. The molecule has 26 heavy (non-hydrogen) atoms. The van der Waals surface area contributed by atoms with Crippen LogP contribution in [-0.4, -0.2) is 24.6 Å². The molecule has 2 aromatic rings. The van der Waals surface area contributed by atoms with E-state index >= 15 is 0 Å². The van der Waals surface area contributed by atoms with Crippen LogP contribution in [0.25, 0.3) is 0 Å². The molecule has 1 atom stereocenters. The Morgan fingerprint density at radius 1 is 1.12 bits per heavy atom. The highest BCUT2D eigenvalue weighted by Gasteiger charge is 2.38. The predicted octanol–water partition coefficient (Wildman–Crippen LogP) is 3.11. The molecule has 1 fully saturated rings. The van der Waals surface area contributed by atoms with Crippen molar-refractivity contribution in [3.8, 4) is 0 Å². The number of benzene rings is 1.